The van der Waals surface area contributed by atoms with Crippen LogP contribution in [0.25, 0.3) is 16.5 Å². The molecular weight excluding hydrogens is 544 g/mol. The number of amides is 2. The number of allylic oxidation sites excluding steroid dienone is 1. The third-order valence-corrected chi connectivity index (χ3v) is 8.15. The molecule has 2 saturated heterocycles. The number of nitrogens with zero attached hydrogens (tertiary/aromatic N) is 3. The summed E-state index contributed by atoms with van der Waals surface area (Å²) in [6, 6.07) is 7.55. The van der Waals surface area contributed by atoms with Crippen LogP contribution in [-0.4, -0.2) is 62.5 Å². The third-order valence-electron chi connectivity index (χ3n) is 6.92. The zero-order chi connectivity index (χ0) is 27.4. The number of aromatic amines is 1. The van der Waals surface area contributed by atoms with E-state index < -0.39 is 35.1 Å². The lowest BCUT2D eigenvalue weighted by Gasteiger charge is -2.24. The Morgan fingerprint density at radius 3 is 2.63 bits per heavy atom. The summed E-state index contributed by atoms with van der Waals surface area (Å²) < 4.78 is 56.7. The van der Waals surface area contributed by atoms with Crippen LogP contribution in [-0.2, 0) is 17.4 Å². The second-order valence-electron chi connectivity index (χ2n) is 9.63. The summed E-state index contributed by atoms with van der Waals surface area (Å²) in [6.45, 7) is 4.08. The number of carbonyl (C=O) groups is 2. The number of rotatable bonds is 5. The van der Waals surface area contributed by atoms with Crippen LogP contribution in [0.4, 0.5) is 22.4 Å². The van der Waals surface area contributed by atoms with E-state index in [1.165, 1.54) is 12.1 Å². The van der Waals surface area contributed by atoms with Crippen LogP contribution in [0.2, 0.25) is 5.02 Å². The van der Waals surface area contributed by atoms with Gasteiger partial charge in [0.15, 0.2) is 0 Å². The number of thioether (sulfide) groups is 1. The monoisotopic (exact) mass is 566 g/mol. The maximum atomic E-state index is 15.0. The number of nitrogens with one attached hydrogen (secondary N) is 1. The molecule has 38 heavy (non-hydrogen) atoms. The Bertz CT molecular complexity index is 1450. The number of halogens is 5. The molecular formula is C26H23ClF4N4O2S. The second kappa shape index (κ2) is 10.0. The Hall–Kier alpha value is -2.89. The number of fused-ring (bicyclic) bond motifs is 1. The number of hydrogen-bond acceptors (Lipinski definition) is 5. The molecule has 2 aliphatic rings. The van der Waals surface area contributed by atoms with Gasteiger partial charge in [-0.15, -0.1) is 0 Å². The first-order chi connectivity index (χ1) is 17.9. The summed E-state index contributed by atoms with van der Waals surface area (Å²) in [5.74, 6) is -0.705. The van der Waals surface area contributed by atoms with E-state index in [2.05, 4.69) is 10.2 Å². The van der Waals surface area contributed by atoms with Crippen molar-refractivity contribution >= 4 is 51.0 Å². The zero-order valence-electron chi connectivity index (χ0n) is 20.4. The molecule has 2 fully saturated rings. The molecule has 2 amide bonds. The highest BCUT2D eigenvalue weighted by molar-refractivity contribution is 8.18. The van der Waals surface area contributed by atoms with E-state index in [-0.39, 0.29) is 46.6 Å². The number of hydrogen-bond donors (Lipinski definition) is 1. The maximum absolute atomic E-state index is 15.0. The summed E-state index contributed by atoms with van der Waals surface area (Å²) in [6.07, 6.45) is -4.86. The Labute approximate surface area is 225 Å². The summed E-state index contributed by atoms with van der Waals surface area (Å²) in [5, 5.41) is 6.74. The van der Waals surface area contributed by atoms with Crippen molar-refractivity contribution in [2.45, 2.75) is 44.7 Å². The van der Waals surface area contributed by atoms with Gasteiger partial charge < -0.3 is 0 Å². The fourth-order valence-electron chi connectivity index (χ4n) is 4.89. The lowest BCUT2D eigenvalue weighted by Crippen LogP contribution is -2.45. The first-order valence-electron chi connectivity index (χ1n) is 11.9. The van der Waals surface area contributed by atoms with Crippen molar-refractivity contribution in [1.29, 1.82) is 0 Å². The minimum Gasteiger partial charge on any atom is -0.296 e. The topological polar surface area (TPSA) is 69.3 Å². The van der Waals surface area contributed by atoms with E-state index in [1.54, 1.807) is 24.4 Å². The van der Waals surface area contributed by atoms with Crippen molar-refractivity contribution in [3.05, 3.63) is 69.2 Å². The SMILES string of the molecule is CC(C)N1C[C@@H](N2C(=O)S/C(=C(/Cc3ccc(Cl)cc3C(F)(F)F)c3ccc4[nH]ncc4c3)C2=O)[C@@H](F)C1. The Balaban J connectivity index is 1.61. The molecule has 0 spiro atoms. The molecule has 0 bridgehead atoms. The minimum absolute atomic E-state index is 0.0175. The Morgan fingerprint density at radius 2 is 1.95 bits per heavy atom. The van der Waals surface area contributed by atoms with Crippen molar-refractivity contribution < 1.29 is 27.2 Å². The van der Waals surface area contributed by atoms with Crippen LogP contribution >= 0.6 is 23.4 Å². The third kappa shape index (κ3) is 4.94. The first kappa shape index (κ1) is 26.7. The average molecular weight is 567 g/mol. The summed E-state index contributed by atoms with van der Waals surface area (Å²) in [7, 11) is 0. The largest absolute Gasteiger partial charge is 0.416 e. The van der Waals surface area contributed by atoms with E-state index in [4.69, 9.17) is 11.6 Å². The van der Waals surface area contributed by atoms with Crippen LogP contribution in [0.3, 0.4) is 0 Å². The molecule has 5 rings (SSSR count). The Morgan fingerprint density at radius 1 is 1.18 bits per heavy atom. The van der Waals surface area contributed by atoms with Gasteiger partial charge in [0, 0.05) is 29.5 Å². The standard InChI is InChI=1S/C26H23ClF4N4O2S/c1-13(2)34-11-20(28)22(12-34)35-24(36)23(38-25(35)37)18(14-4-6-21-16(7-14)10-32-33-21)8-15-3-5-17(27)9-19(15)26(29,30)31/h3-7,9-10,13,20,22H,8,11-12H2,1-2H3,(H,32,33)/b23-18-/t20-,22+/m0/s1. The lowest BCUT2D eigenvalue weighted by atomic mass is 9.93. The van der Waals surface area contributed by atoms with Gasteiger partial charge in [0.25, 0.3) is 11.1 Å². The molecule has 6 nitrogen and oxygen atoms in total. The van der Waals surface area contributed by atoms with Crippen molar-refractivity contribution in [1.82, 2.24) is 20.0 Å². The highest BCUT2D eigenvalue weighted by Crippen LogP contribution is 2.43. The fourth-order valence-corrected chi connectivity index (χ4v) is 6.05. The van der Waals surface area contributed by atoms with E-state index >= 15 is 0 Å². The molecule has 2 aromatic carbocycles. The van der Waals surface area contributed by atoms with E-state index in [0.29, 0.717) is 28.2 Å². The molecule has 1 N–H and O–H groups in total. The van der Waals surface area contributed by atoms with Crippen LogP contribution in [0, 0.1) is 0 Å². The normalized spacial score (nSPS) is 22.4. The van der Waals surface area contributed by atoms with Crippen molar-refractivity contribution in [3.63, 3.8) is 0 Å². The average Bonchev–Trinajstić information content (AvgIpc) is 3.54. The quantitative estimate of drug-likeness (QED) is 0.289. The number of aromatic nitrogens is 2. The summed E-state index contributed by atoms with van der Waals surface area (Å²) >= 11 is 6.49. The summed E-state index contributed by atoms with van der Waals surface area (Å²) in [5.41, 5.74) is 0.355. The number of H-pyrrole nitrogens is 1. The van der Waals surface area contributed by atoms with E-state index in [1.807, 2.05) is 18.7 Å². The number of alkyl halides is 4. The molecule has 2 aliphatic heterocycles. The number of likely N-dealkylation sites (tertiary alicyclic amines) is 1. The highest BCUT2D eigenvalue weighted by atomic mass is 35.5. The Kier molecular flexibility index (Phi) is 7.04. The molecule has 0 radical (unpaired) electrons. The summed E-state index contributed by atoms with van der Waals surface area (Å²) in [4.78, 5) is 29.5. The molecule has 12 heteroatoms. The second-order valence-corrected chi connectivity index (χ2v) is 11.0. The van der Waals surface area contributed by atoms with Gasteiger partial charge >= 0.3 is 6.18 Å². The zero-order valence-corrected chi connectivity index (χ0v) is 21.9. The fraction of sp³-hybridized carbons (Fsp3) is 0.346. The van der Waals surface area contributed by atoms with E-state index in [0.717, 1.165) is 11.0 Å². The number of imide groups is 1. The predicted octanol–water partition coefficient (Wildman–Crippen LogP) is 6.32. The van der Waals surface area contributed by atoms with Gasteiger partial charge in [0.2, 0.25) is 0 Å². The highest BCUT2D eigenvalue weighted by Gasteiger charge is 2.48. The predicted molar refractivity (Wildman–Crippen MR) is 138 cm³/mol. The molecule has 3 heterocycles. The lowest BCUT2D eigenvalue weighted by molar-refractivity contribution is -0.138. The van der Waals surface area contributed by atoms with Crippen LogP contribution < -0.4 is 0 Å². The van der Waals surface area contributed by atoms with Gasteiger partial charge in [-0.05, 0) is 73.0 Å². The van der Waals surface area contributed by atoms with E-state index in [9.17, 15) is 27.2 Å². The molecule has 1 aromatic heterocycles. The van der Waals surface area contributed by atoms with Crippen LogP contribution in [0.1, 0.15) is 30.5 Å². The van der Waals surface area contributed by atoms with Gasteiger partial charge in [-0.3, -0.25) is 24.5 Å². The van der Waals surface area contributed by atoms with Gasteiger partial charge in [0.05, 0.1) is 28.2 Å². The molecule has 0 aliphatic carbocycles. The van der Waals surface area contributed by atoms with Gasteiger partial charge in [-0.2, -0.15) is 18.3 Å². The minimum atomic E-state index is -4.69. The first-order valence-corrected chi connectivity index (χ1v) is 13.1. The van der Waals surface area contributed by atoms with Crippen LogP contribution in [0.15, 0.2) is 47.5 Å². The number of carbonyl (C=O) groups excluding carboxylic acids is 2. The van der Waals surface area contributed by atoms with Gasteiger partial charge in [0.1, 0.15) is 6.17 Å². The van der Waals surface area contributed by atoms with Crippen molar-refractivity contribution in [3.8, 4) is 0 Å². The smallest absolute Gasteiger partial charge is 0.296 e. The van der Waals surface area contributed by atoms with Crippen molar-refractivity contribution in [2.24, 2.45) is 0 Å². The van der Waals surface area contributed by atoms with Crippen molar-refractivity contribution in [2.75, 3.05) is 13.1 Å². The molecule has 200 valence electrons. The van der Waals surface area contributed by atoms with Gasteiger partial charge in [-0.25, -0.2) is 4.39 Å². The van der Waals surface area contributed by atoms with Crippen LogP contribution in [0.5, 0.6) is 0 Å². The van der Waals surface area contributed by atoms with Gasteiger partial charge in [-0.1, -0.05) is 23.7 Å². The molecule has 0 unspecified atom stereocenters. The molecule has 2 atom stereocenters. The number of benzene rings is 2. The molecule has 3 aromatic rings. The maximum Gasteiger partial charge on any atom is 0.416 e. The molecule has 0 saturated carbocycles.